The molecule has 1 fully saturated rings. The number of ether oxygens (including phenoxy) is 2. The van der Waals surface area contributed by atoms with E-state index in [9.17, 15) is 4.79 Å². The van der Waals surface area contributed by atoms with Crippen LogP contribution in [0.5, 0.6) is 0 Å². The molecule has 1 saturated heterocycles. The van der Waals surface area contributed by atoms with Crippen molar-refractivity contribution in [3.63, 3.8) is 0 Å². The molecular weight excluding hydrogens is 230 g/mol. The lowest BCUT2D eigenvalue weighted by Gasteiger charge is -2.28. The number of hydrogen-bond acceptors (Lipinski definition) is 3. The Morgan fingerprint density at radius 2 is 1.94 bits per heavy atom. The topological polar surface area (TPSA) is 38.8 Å². The lowest BCUT2D eigenvalue weighted by Crippen LogP contribution is -2.41. The zero-order chi connectivity index (χ0) is 14.2. The van der Waals surface area contributed by atoms with Crippen molar-refractivity contribution in [1.82, 2.24) is 4.90 Å². The van der Waals surface area contributed by atoms with Crippen molar-refractivity contribution in [1.29, 1.82) is 0 Å². The van der Waals surface area contributed by atoms with Gasteiger partial charge < -0.3 is 14.4 Å². The van der Waals surface area contributed by atoms with Crippen molar-refractivity contribution in [2.24, 2.45) is 0 Å². The third-order valence-corrected chi connectivity index (χ3v) is 2.52. The molecule has 0 aromatic heterocycles. The quantitative estimate of drug-likeness (QED) is 0.779. The van der Waals surface area contributed by atoms with Crippen LogP contribution in [0.15, 0.2) is 0 Å². The third-order valence-electron chi connectivity index (χ3n) is 2.52. The number of amides is 1. The van der Waals surface area contributed by atoms with E-state index in [4.69, 9.17) is 9.47 Å². The summed E-state index contributed by atoms with van der Waals surface area (Å²) in [6.07, 6.45) is 1.84. The Hall–Kier alpha value is -0.770. The maximum absolute atomic E-state index is 11.9. The number of carbonyl (C=O) groups excluding carboxylic acids is 1. The van der Waals surface area contributed by atoms with Crippen molar-refractivity contribution < 1.29 is 14.3 Å². The highest BCUT2D eigenvalue weighted by molar-refractivity contribution is 5.68. The summed E-state index contributed by atoms with van der Waals surface area (Å²) in [5, 5.41) is 0. The van der Waals surface area contributed by atoms with E-state index in [1.165, 1.54) is 0 Å². The fraction of sp³-hybridized carbons (Fsp3) is 0.929. The van der Waals surface area contributed by atoms with Crippen molar-refractivity contribution in [3.05, 3.63) is 0 Å². The summed E-state index contributed by atoms with van der Waals surface area (Å²) in [7, 11) is 0. The van der Waals surface area contributed by atoms with Gasteiger partial charge in [-0.15, -0.1) is 0 Å². The van der Waals surface area contributed by atoms with E-state index in [-0.39, 0.29) is 12.1 Å². The smallest absolute Gasteiger partial charge is 0.410 e. The molecule has 0 aliphatic carbocycles. The molecule has 1 atom stereocenters. The molecule has 0 bridgehead atoms. The SMILES string of the molecule is CC.CCOCC1CCCN1C(=O)OC(C)(C)C. The van der Waals surface area contributed by atoms with Crippen molar-refractivity contribution in [2.45, 2.75) is 66.0 Å². The zero-order valence-electron chi connectivity index (χ0n) is 12.8. The van der Waals surface area contributed by atoms with E-state index < -0.39 is 5.60 Å². The molecule has 4 nitrogen and oxygen atoms in total. The maximum Gasteiger partial charge on any atom is 0.410 e. The van der Waals surface area contributed by atoms with E-state index in [0.29, 0.717) is 13.2 Å². The average Bonchev–Trinajstić information content (AvgIpc) is 2.75. The number of nitrogens with zero attached hydrogens (tertiary/aromatic N) is 1. The monoisotopic (exact) mass is 259 g/mol. The van der Waals surface area contributed by atoms with Crippen LogP contribution >= 0.6 is 0 Å². The highest BCUT2D eigenvalue weighted by Crippen LogP contribution is 2.20. The number of rotatable bonds is 3. The highest BCUT2D eigenvalue weighted by Gasteiger charge is 2.31. The molecule has 18 heavy (non-hydrogen) atoms. The van der Waals surface area contributed by atoms with Crippen LogP contribution in [-0.2, 0) is 9.47 Å². The number of likely N-dealkylation sites (tertiary alicyclic amines) is 1. The second-order valence-corrected chi connectivity index (χ2v) is 5.13. The van der Waals surface area contributed by atoms with Crippen LogP contribution in [0.4, 0.5) is 4.79 Å². The minimum absolute atomic E-state index is 0.190. The Balaban J connectivity index is 0.00000137. The van der Waals surface area contributed by atoms with Crippen LogP contribution in [0.25, 0.3) is 0 Å². The normalized spacial score (nSPS) is 19.2. The Bertz CT molecular complexity index is 236. The van der Waals surface area contributed by atoms with Gasteiger partial charge in [-0.05, 0) is 40.5 Å². The van der Waals surface area contributed by atoms with E-state index >= 15 is 0 Å². The second kappa shape index (κ2) is 8.35. The fourth-order valence-corrected chi connectivity index (χ4v) is 1.82. The van der Waals surface area contributed by atoms with Gasteiger partial charge in [0.25, 0.3) is 0 Å². The van der Waals surface area contributed by atoms with Gasteiger partial charge >= 0.3 is 6.09 Å². The van der Waals surface area contributed by atoms with E-state index in [1.54, 1.807) is 4.90 Å². The number of hydrogen-bond donors (Lipinski definition) is 0. The molecule has 1 amide bonds. The first-order valence-electron chi connectivity index (χ1n) is 7.01. The molecule has 1 rings (SSSR count). The van der Waals surface area contributed by atoms with Gasteiger partial charge in [0.1, 0.15) is 5.60 Å². The lowest BCUT2D eigenvalue weighted by molar-refractivity contribution is 0.0117. The summed E-state index contributed by atoms with van der Waals surface area (Å²) in [6, 6.07) is 0.190. The summed E-state index contributed by atoms with van der Waals surface area (Å²) >= 11 is 0. The van der Waals surface area contributed by atoms with Gasteiger partial charge in [0.2, 0.25) is 0 Å². The van der Waals surface area contributed by atoms with Gasteiger partial charge in [0.05, 0.1) is 12.6 Å². The molecule has 0 saturated carbocycles. The van der Waals surface area contributed by atoms with Gasteiger partial charge in [-0.2, -0.15) is 0 Å². The maximum atomic E-state index is 11.9. The van der Waals surface area contributed by atoms with Crippen LogP contribution in [-0.4, -0.2) is 42.4 Å². The molecule has 0 radical (unpaired) electrons. The highest BCUT2D eigenvalue weighted by atomic mass is 16.6. The number of carbonyl (C=O) groups is 1. The summed E-state index contributed by atoms with van der Waals surface area (Å²) in [5.74, 6) is 0. The molecule has 0 aromatic carbocycles. The van der Waals surface area contributed by atoms with Gasteiger partial charge in [-0.3, -0.25) is 0 Å². The van der Waals surface area contributed by atoms with Crippen LogP contribution in [0.1, 0.15) is 54.4 Å². The summed E-state index contributed by atoms with van der Waals surface area (Å²) < 4.78 is 10.7. The van der Waals surface area contributed by atoms with E-state index in [1.807, 2.05) is 41.5 Å². The standard InChI is InChI=1S/C12H23NO3.C2H6/c1-5-15-9-10-7-6-8-13(10)11(14)16-12(2,3)4;1-2/h10H,5-9H2,1-4H3;1-2H3. The van der Waals surface area contributed by atoms with Crippen LogP contribution in [0.3, 0.4) is 0 Å². The minimum Gasteiger partial charge on any atom is -0.444 e. The minimum atomic E-state index is -0.421. The Kier molecular flexibility index (Phi) is 8.00. The molecule has 0 N–H and O–H groups in total. The molecular formula is C14H29NO3. The fourth-order valence-electron chi connectivity index (χ4n) is 1.82. The van der Waals surface area contributed by atoms with Crippen molar-refractivity contribution in [2.75, 3.05) is 19.8 Å². The Labute approximate surface area is 112 Å². The molecule has 1 unspecified atom stereocenters. The van der Waals surface area contributed by atoms with Gasteiger partial charge in [0, 0.05) is 13.2 Å². The van der Waals surface area contributed by atoms with Crippen LogP contribution in [0, 0.1) is 0 Å². The molecule has 4 heteroatoms. The zero-order valence-corrected chi connectivity index (χ0v) is 12.8. The average molecular weight is 259 g/mol. The van der Waals surface area contributed by atoms with Gasteiger partial charge in [0.15, 0.2) is 0 Å². The lowest BCUT2D eigenvalue weighted by atomic mass is 10.2. The Morgan fingerprint density at radius 3 is 2.44 bits per heavy atom. The predicted octanol–water partition coefficient (Wildman–Crippen LogP) is 3.45. The Morgan fingerprint density at radius 1 is 1.33 bits per heavy atom. The third kappa shape index (κ3) is 6.24. The summed E-state index contributed by atoms with van der Waals surface area (Å²) in [6.45, 7) is 13.7. The molecule has 1 aliphatic rings. The molecule has 108 valence electrons. The van der Waals surface area contributed by atoms with Crippen molar-refractivity contribution >= 4 is 6.09 Å². The largest absolute Gasteiger partial charge is 0.444 e. The molecule has 0 spiro atoms. The first-order valence-corrected chi connectivity index (χ1v) is 7.01. The molecule has 1 aliphatic heterocycles. The van der Waals surface area contributed by atoms with Crippen LogP contribution in [0.2, 0.25) is 0 Å². The molecule has 0 aromatic rings. The first-order chi connectivity index (χ1) is 8.44. The summed E-state index contributed by atoms with van der Waals surface area (Å²) in [5.41, 5.74) is -0.421. The molecule has 1 heterocycles. The van der Waals surface area contributed by atoms with Gasteiger partial charge in [-0.1, -0.05) is 13.8 Å². The van der Waals surface area contributed by atoms with E-state index in [2.05, 4.69) is 0 Å². The van der Waals surface area contributed by atoms with Crippen molar-refractivity contribution in [3.8, 4) is 0 Å². The first kappa shape index (κ1) is 17.2. The summed E-state index contributed by atoms with van der Waals surface area (Å²) in [4.78, 5) is 13.7. The predicted molar refractivity (Wildman–Crippen MR) is 73.8 cm³/mol. The van der Waals surface area contributed by atoms with Gasteiger partial charge in [-0.25, -0.2) is 4.79 Å². The second-order valence-electron chi connectivity index (χ2n) is 5.13. The van der Waals surface area contributed by atoms with E-state index in [0.717, 1.165) is 19.4 Å². The van der Waals surface area contributed by atoms with Crippen LogP contribution < -0.4 is 0 Å².